The number of aliphatic carboxylic acids is 1. The maximum atomic E-state index is 12.8. The zero-order valence-corrected chi connectivity index (χ0v) is 38.2. The van der Waals surface area contributed by atoms with Crippen LogP contribution < -0.4 is 0 Å². The molecule has 4 N–H and O–H groups in total. The Bertz CT molecular complexity index is 1050. The molecule has 1 rings (SSSR count). The summed E-state index contributed by atoms with van der Waals surface area (Å²) in [6.45, 7) is 3.81. The number of carbonyl (C=O) groups is 3. The molecule has 1 fully saturated rings. The Kier molecular flexibility index (Phi) is 37.1. The van der Waals surface area contributed by atoms with Crippen LogP contribution in [0.25, 0.3) is 0 Å². The third-order valence-electron chi connectivity index (χ3n) is 11.6. The highest BCUT2D eigenvalue weighted by atomic mass is 16.7. The summed E-state index contributed by atoms with van der Waals surface area (Å²) in [5, 5.41) is 39.9. The number of hydrogen-bond donors (Lipinski definition) is 4. The lowest BCUT2D eigenvalue weighted by Crippen LogP contribution is -2.60. The minimum Gasteiger partial charge on any atom is -0.479 e. The molecule has 1 aliphatic heterocycles. The van der Waals surface area contributed by atoms with Crippen LogP contribution in [0.4, 0.5) is 0 Å². The van der Waals surface area contributed by atoms with Crippen molar-refractivity contribution < 1.29 is 53.8 Å². The molecule has 11 heteroatoms. The molecule has 0 aromatic rings. The van der Waals surface area contributed by atoms with Gasteiger partial charge >= 0.3 is 17.9 Å². The van der Waals surface area contributed by atoms with Crippen LogP contribution in [0.5, 0.6) is 0 Å². The summed E-state index contributed by atoms with van der Waals surface area (Å²) >= 11 is 0. The van der Waals surface area contributed by atoms with Gasteiger partial charge in [-0.25, -0.2) is 4.79 Å². The first-order chi connectivity index (χ1) is 29.2. The molecule has 0 radical (unpaired) electrons. The van der Waals surface area contributed by atoms with E-state index in [2.05, 4.69) is 26.0 Å². The van der Waals surface area contributed by atoms with Gasteiger partial charge in [-0.2, -0.15) is 0 Å². The van der Waals surface area contributed by atoms with E-state index in [1.54, 1.807) is 0 Å². The molecule has 1 saturated heterocycles. The summed E-state index contributed by atoms with van der Waals surface area (Å²) in [6.07, 6.45) is 34.2. The van der Waals surface area contributed by atoms with E-state index in [4.69, 9.17) is 18.9 Å². The van der Waals surface area contributed by atoms with Gasteiger partial charge in [0.1, 0.15) is 24.9 Å². The number of hydrogen-bond acceptors (Lipinski definition) is 10. The largest absolute Gasteiger partial charge is 0.479 e. The number of unbranched alkanes of at least 4 members (excludes halogenated alkanes) is 29. The fraction of sp³-hybridized carbons (Fsp3) is 0.898. The summed E-state index contributed by atoms with van der Waals surface area (Å²) < 4.78 is 21.8. The number of carbonyl (C=O) groups excluding carboxylic acids is 2. The van der Waals surface area contributed by atoms with Crippen molar-refractivity contribution in [1.29, 1.82) is 0 Å². The normalized spacial score (nSPS) is 19.8. The van der Waals surface area contributed by atoms with E-state index in [9.17, 15) is 34.8 Å². The fourth-order valence-corrected chi connectivity index (χ4v) is 7.70. The Balaban J connectivity index is 2.27. The summed E-state index contributed by atoms with van der Waals surface area (Å²) in [6, 6.07) is 0. The molecule has 0 aromatic carbocycles. The lowest BCUT2D eigenvalue weighted by atomic mass is 9.99. The van der Waals surface area contributed by atoms with Crippen LogP contribution in [0.1, 0.15) is 232 Å². The summed E-state index contributed by atoms with van der Waals surface area (Å²) in [7, 11) is 0. The summed E-state index contributed by atoms with van der Waals surface area (Å²) in [5.41, 5.74) is 0. The lowest BCUT2D eigenvalue weighted by molar-refractivity contribution is -0.298. The third kappa shape index (κ3) is 30.9. The molecule has 0 bridgehead atoms. The summed E-state index contributed by atoms with van der Waals surface area (Å²) in [4.78, 5) is 36.9. The van der Waals surface area contributed by atoms with Gasteiger partial charge in [0.15, 0.2) is 18.5 Å². The molecular formula is C49H90O11. The molecule has 0 aliphatic carbocycles. The van der Waals surface area contributed by atoms with E-state index >= 15 is 0 Å². The maximum Gasteiger partial charge on any atom is 0.335 e. The van der Waals surface area contributed by atoms with Gasteiger partial charge in [-0.1, -0.05) is 193 Å². The van der Waals surface area contributed by atoms with Gasteiger partial charge in [-0.3, -0.25) is 9.59 Å². The van der Waals surface area contributed by atoms with E-state index in [-0.39, 0.29) is 26.1 Å². The van der Waals surface area contributed by atoms with Gasteiger partial charge in [0.05, 0.1) is 6.61 Å². The van der Waals surface area contributed by atoms with E-state index in [1.807, 2.05) is 0 Å². The Morgan fingerprint density at radius 3 is 1.33 bits per heavy atom. The number of esters is 2. The topological polar surface area (TPSA) is 169 Å². The Hall–Kier alpha value is -2.05. The Morgan fingerprint density at radius 1 is 0.500 bits per heavy atom. The zero-order valence-electron chi connectivity index (χ0n) is 38.2. The van der Waals surface area contributed by atoms with Gasteiger partial charge in [0.25, 0.3) is 0 Å². The van der Waals surface area contributed by atoms with Crippen LogP contribution in [-0.4, -0.2) is 88.4 Å². The molecule has 0 spiro atoms. The molecule has 0 aromatic heterocycles. The monoisotopic (exact) mass is 855 g/mol. The molecule has 11 nitrogen and oxygen atoms in total. The smallest absolute Gasteiger partial charge is 0.335 e. The molecule has 0 saturated carbocycles. The number of ether oxygens (including phenoxy) is 4. The van der Waals surface area contributed by atoms with Crippen LogP contribution in [0, 0.1) is 0 Å². The van der Waals surface area contributed by atoms with Gasteiger partial charge in [-0.15, -0.1) is 0 Å². The van der Waals surface area contributed by atoms with E-state index in [0.717, 1.165) is 57.8 Å². The minimum absolute atomic E-state index is 0.187. The van der Waals surface area contributed by atoms with Gasteiger partial charge in [-0.05, 0) is 38.5 Å². The SMILES string of the molecule is CCCCC/C=C\CCCCCCCC(=O)OCC(COC1OC(C(=O)O)C(O)C(O)C1O)OC(=O)CCCCCCCCCCCCCCCCCCCCCCCC. The first kappa shape index (κ1) is 56.0. The average Bonchev–Trinajstić information content (AvgIpc) is 3.23. The van der Waals surface area contributed by atoms with Crippen molar-refractivity contribution in [2.75, 3.05) is 13.2 Å². The molecule has 352 valence electrons. The standard InChI is InChI=1S/C49H90O11/c1-3-5-7-9-11-13-15-17-18-19-20-21-22-23-24-25-26-28-30-32-34-36-38-43(51)59-41(40-58-49-46(54)44(52)45(53)47(60-49)48(55)56)39-57-42(50)37-35-33-31-29-27-16-14-12-10-8-6-4-2/h12,14,41,44-47,49,52-54H,3-11,13,15-40H2,1-2H3,(H,55,56)/b14-12-. The summed E-state index contributed by atoms with van der Waals surface area (Å²) in [5.74, 6) is -2.44. The highest BCUT2D eigenvalue weighted by Gasteiger charge is 2.47. The van der Waals surface area contributed by atoms with Gasteiger partial charge in [0, 0.05) is 12.8 Å². The van der Waals surface area contributed by atoms with Crippen molar-refractivity contribution in [2.45, 2.75) is 269 Å². The second-order valence-corrected chi connectivity index (χ2v) is 17.3. The maximum absolute atomic E-state index is 12.8. The first-order valence-electron chi connectivity index (χ1n) is 24.7. The Morgan fingerprint density at radius 2 is 0.883 bits per heavy atom. The zero-order chi connectivity index (χ0) is 43.9. The van der Waals surface area contributed by atoms with Crippen LogP contribution in [0.3, 0.4) is 0 Å². The number of carboxylic acids is 1. The number of allylic oxidation sites excluding steroid dienone is 2. The van der Waals surface area contributed by atoms with Crippen molar-refractivity contribution in [2.24, 2.45) is 0 Å². The van der Waals surface area contributed by atoms with Crippen LogP contribution in [0.15, 0.2) is 12.2 Å². The third-order valence-corrected chi connectivity index (χ3v) is 11.6. The minimum atomic E-state index is -1.86. The highest BCUT2D eigenvalue weighted by molar-refractivity contribution is 5.73. The fourth-order valence-electron chi connectivity index (χ4n) is 7.70. The molecule has 1 aliphatic rings. The second kappa shape index (κ2) is 39.8. The molecule has 0 amide bonds. The van der Waals surface area contributed by atoms with Crippen molar-refractivity contribution in [3.8, 4) is 0 Å². The molecular weight excluding hydrogens is 765 g/mol. The highest BCUT2D eigenvalue weighted by Crippen LogP contribution is 2.23. The second-order valence-electron chi connectivity index (χ2n) is 17.3. The quantitative estimate of drug-likeness (QED) is 0.0262. The molecule has 6 atom stereocenters. The van der Waals surface area contributed by atoms with Gasteiger partial charge < -0.3 is 39.4 Å². The number of aliphatic hydroxyl groups is 3. The van der Waals surface area contributed by atoms with Crippen molar-refractivity contribution in [3.05, 3.63) is 12.2 Å². The van der Waals surface area contributed by atoms with E-state index in [0.29, 0.717) is 12.8 Å². The van der Waals surface area contributed by atoms with Crippen LogP contribution in [-0.2, 0) is 33.3 Å². The first-order valence-corrected chi connectivity index (χ1v) is 24.7. The predicted octanol–water partition coefficient (Wildman–Crippen LogP) is 11.2. The number of rotatable bonds is 42. The Labute approximate surface area is 365 Å². The lowest BCUT2D eigenvalue weighted by Gasteiger charge is -2.38. The van der Waals surface area contributed by atoms with Crippen molar-refractivity contribution in [3.63, 3.8) is 0 Å². The van der Waals surface area contributed by atoms with E-state index in [1.165, 1.54) is 135 Å². The predicted molar refractivity (Wildman–Crippen MR) is 239 cm³/mol. The number of carboxylic acid groups (broad SMARTS) is 1. The number of aliphatic hydroxyl groups excluding tert-OH is 3. The van der Waals surface area contributed by atoms with Crippen molar-refractivity contribution in [1.82, 2.24) is 0 Å². The van der Waals surface area contributed by atoms with Gasteiger partial charge in [0.2, 0.25) is 0 Å². The molecule has 1 heterocycles. The van der Waals surface area contributed by atoms with Crippen LogP contribution in [0.2, 0.25) is 0 Å². The van der Waals surface area contributed by atoms with Crippen LogP contribution >= 0.6 is 0 Å². The molecule has 6 unspecified atom stereocenters. The van der Waals surface area contributed by atoms with E-state index < -0.39 is 54.7 Å². The van der Waals surface area contributed by atoms with Crippen molar-refractivity contribution >= 4 is 17.9 Å². The average molecular weight is 855 g/mol. The molecule has 60 heavy (non-hydrogen) atoms.